The van der Waals surface area contributed by atoms with E-state index in [9.17, 15) is 31.2 Å². The van der Waals surface area contributed by atoms with E-state index in [1.165, 1.54) is 19.2 Å². The lowest BCUT2D eigenvalue weighted by molar-refractivity contribution is -0.203. The zero-order valence-corrected chi connectivity index (χ0v) is 16.4. The van der Waals surface area contributed by atoms with E-state index >= 15 is 0 Å². The predicted molar refractivity (Wildman–Crippen MR) is 98.0 cm³/mol. The maximum absolute atomic E-state index is 12.7. The van der Waals surface area contributed by atoms with Crippen molar-refractivity contribution >= 4 is 32.7 Å². The molecule has 1 N–H and O–H groups in total. The zero-order valence-electron chi connectivity index (χ0n) is 15.6. The number of ether oxygens (including phenoxy) is 2. The molecule has 0 aromatic heterocycles. The van der Waals surface area contributed by atoms with Crippen molar-refractivity contribution in [2.75, 3.05) is 20.4 Å². The third kappa shape index (κ3) is 4.65. The van der Waals surface area contributed by atoms with Crippen LogP contribution in [-0.4, -0.2) is 57.8 Å². The number of sulfonamides is 1. The Morgan fingerprint density at radius 1 is 1.20 bits per heavy atom. The standard InChI is InChI=1S/C18H17F3N2O6S/c1-28-13-4-2-11-3-5-14(9-12(11)8-13)30(26,27)22-15-6-7-23(16(15)24)10-29-17(25)18(19,20)21/h2-5,8-9,15,22H,6-7,10H2,1H3. The molecular weight excluding hydrogens is 429 g/mol. The Bertz CT molecular complexity index is 1090. The van der Waals surface area contributed by atoms with Gasteiger partial charge in [0.1, 0.15) is 11.8 Å². The molecular formula is C18H17F3N2O6S. The highest BCUT2D eigenvalue weighted by Crippen LogP contribution is 2.24. The Kier molecular flexibility index (Phi) is 5.90. The predicted octanol–water partition coefficient (Wildman–Crippen LogP) is 1.79. The molecule has 2 aromatic carbocycles. The van der Waals surface area contributed by atoms with Crippen LogP contribution in [0.5, 0.6) is 5.75 Å². The molecule has 1 amide bonds. The van der Waals surface area contributed by atoms with Gasteiger partial charge in [0.25, 0.3) is 0 Å². The summed E-state index contributed by atoms with van der Waals surface area (Å²) in [5, 5.41) is 1.39. The second-order valence-corrected chi connectivity index (χ2v) is 8.21. The number of nitrogens with zero attached hydrogens (tertiary/aromatic N) is 1. The van der Waals surface area contributed by atoms with Crippen molar-refractivity contribution in [1.29, 1.82) is 0 Å². The average molecular weight is 446 g/mol. The van der Waals surface area contributed by atoms with Crippen molar-refractivity contribution < 1.29 is 40.7 Å². The molecule has 12 heteroatoms. The minimum Gasteiger partial charge on any atom is -0.497 e. The van der Waals surface area contributed by atoms with Crippen LogP contribution in [0.1, 0.15) is 6.42 Å². The Labute approximate surface area is 169 Å². The first-order valence-electron chi connectivity index (χ1n) is 8.64. The first kappa shape index (κ1) is 21.8. The van der Waals surface area contributed by atoms with Crippen LogP contribution in [-0.2, 0) is 24.3 Å². The van der Waals surface area contributed by atoms with Crippen molar-refractivity contribution in [2.45, 2.75) is 23.5 Å². The number of hydrogen-bond acceptors (Lipinski definition) is 6. The van der Waals surface area contributed by atoms with Gasteiger partial charge in [0.2, 0.25) is 15.9 Å². The molecule has 1 heterocycles. The minimum absolute atomic E-state index is 0.0169. The highest BCUT2D eigenvalue weighted by molar-refractivity contribution is 7.89. The van der Waals surface area contributed by atoms with Crippen LogP contribution in [0.25, 0.3) is 10.8 Å². The topological polar surface area (TPSA) is 102 Å². The third-order valence-corrected chi connectivity index (χ3v) is 5.98. The number of rotatable bonds is 6. The maximum Gasteiger partial charge on any atom is 0.490 e. The molecule has 0 saturated carbocycles. The number of benzene rings is 2. The summed E-state index contributed by atoms with van der Waals surface area (Å²) in [6, 6.07) is 8.36. The SMILES string of the molecule is COc1ccc2ccc(S(=O)(=O)NC3CCN(COC(=O)C(F)(F)F)C3=O)cc2c1. The quantitative estimate of drug-likeness (QED) is 0.679. The van der Waals surface area contributed by atoms with Crippen LogP contribution >= 0.6 is 0 Å². The van der Waals surface area contributed by atoms with Gasteiger partial charge in [0.05, 0.1) is 12.0 Å². The molecule has 1 aliphatic rings. The molecule has 30 heavy (non-hydrogen) atoms. The summed E-state index contributed by atoms with van der Waals surface area (Å²) in [6.07, 6.45) is -5.16. The van der Waals surface area contributed by atoms with Gasteiger partial charge < -0.3 is 14.4 Å². The fraction of sp³-hybridized carbons (Fsp3) is 0.333. The van der Waals surface area contributed by atoms with E-state index in [0.29, 0.717) is 11.1 Å². The van der Waals surface area contributed by atoms with Gasteiger partial charge in [-0.1, -0.05) is 12.1 Å². The third-order valence-electron chi connectivity index (χ3n) is 4.51. The molecule has 1 fully saturated rings. The number of alkyl halides is 3. The number of esters is 1. The lowest BCUT2D eigenvalue weighted by Crippen LogP contribution is -2.42. The van der Waals surface area contributed by atoms with Gasteiger partial charge in [0.15, 0.2) is 6.73 Å². The van der Waals surface area contributed by atoms with Gasteiger partial charge in [-0.05, 0) is 41.5 Å². The van der Waals surface area contributed by atoms with E-state index in [1.54, 1.807) is 24.3 Å². The van der Waals surface area contributed by atoms with E-state index < -0.39 is 40.8 Å². The number of carbonyl (C=O) groups excluding carboxylic acids is 2. The zero-order chi connectivity index (χ0) is 22.1. The second-order valence-electron chi connectivity index (χ2n) is 6.50. The number of fused-ring (bicyclic) bond motifs is 1. The van der Waals surface area contributed by atoms with Gasteiger partial charge in [-0.2, -0.15) is 17.9 Å². The molecule has 0 radical (unpaired) electrons. The molecule has 0 spiro atoms. The van der Waals surface area contributed by atoms with Crippen LogP contribution in [0.4, 0.5) is 13.2 Å². The van der Waals surface area contributed by atoms with E-state index in [1.807, 2.05) is 0 Å². The van der Waals surface area contributed by atoms with Crippen LogP contribution in [0.2, 0.25) is 0 Å². The van der Waals surface area contributed by atoms with Gasteiger partial charge in [-0.15, -0.1) is 0 Å². The fourth-order valence-corrected chi connectivity index (χ4v) is 4.21. The van der Waals surface area contributed by atoms with E-state index in [0.717, 1.165) is 10.3 Å². The molecule has 162 valence electrons. The van der Waals surface area contributed by atoms with Gasteiger partial charge in [0, 0.05) is 6.54 Å². The number of nitrogens with one attached hydrogen (secondary N) is 1. The van der Waals surface area contributed by atoms with E-state index in [-0.39, 0.29) is 17.9 Å². The molecule has 2 aromatic rings. The molecule has 0 aliphatic carbocycles. The summed E-state index contributed by atoms with van der Waals surface area (Å²) >= 11 is 0. The number of amides is 1. The van der Waals surface area contributed by atoms with Crippen LogP contribution < -0.4 is 9.46 Å². The Balaban J connectivity index is 1.70. The molecule has 0 bridgehead atoms. The molecule has 1 atom stereocenters. The largest absolute Gasteiger partial charge is 0.497 e. The monoisotopic (exact) mass is 446 g/mol. The molecule has 1 aliphatic heterocycles. The van der Waals surface area contributed by atoms with Crippen LogP contribution in [0.3, 0.4) is 0 Å². The molecule has 3 rings (SSSR count). The minimum atomic E-state index is -5.18. The van der Waals surface area contributed by atoms with Crippen molar-refractivity contribution in [3.63, 3.8) is 0 Å². The van der Waals surface area contributed by atoms with Gasteiger partial charge >= 0.3 is 12.1 Å². The Morgan fingerprint density at radius 3 is 2.57 bits per heavy atom. The second kappa shape index (κ2) is 8.11. The van der Waals surface area contributed by atoms with Crippen molar-refractivity contribution in [3.8, 4) is 5.75 Å². The number of carbonyl (C=O) groups is 2. The van der Waals surface area contributed by atoms with E-state index in [2.05, 4.69) is 9.46 Å². The summed E-state index contributed by atoms with van der Waals surface area (Å²) in [5.41, 5.74) is 0. The molecule has 1 unspecified atom stereocenters. The van der Waals surface area contributed by atoms with Crippen molar-refractivity contribution in [2.24, 2.45) is 0 Å². The van der Waals surface area contributed by atoms with Crippen LogP contribution in [0, 0.1) is 0 Å². The smallest absolute Gasteiger partial charge is 0.490 e. The van der Waals surface area contributed by atoms with Gasteiger partial charge in [-0.3, -0.25) is 4.79 Å². The normalized spacial score (nSPS) is 17.4. The number of methoxy groups -OCH3 is 1. The highest BCUT2D eigenvalue weighted by Gasteiger charge is 2.42. The average Bonchev–Trinajstić information content (AvgIpc) is 3.03. The highest BCUT2D eigenvalue weighted by atomic mass is 32.2. The first-order chi connectivity index (χ1) is 14.0. The lowest BCUT2D eigenvalue weighted by Gasteiger charge is -2.17. The maximum atomic E-state index is 12.7. The summed E-state index contributed by atoms with van der Waals surface area (Å²) in [4.78, 5) is 23.8. The summed E-state index contributed by atoms with van der Waals surface area (Å²) in [6.45, 7) is -0.975. The molecule has 8 nitrogen and oxygen atoms in total. The van der Waals surface area contributed by atoms with Crippen LogP contribution in [0.15, 0.2) is 41.3 Å². The first-order valence-corrected chi connectivity index (χ1v) is 10.1. The summed E-state index contributed by atoms with van der Waals surface area (Å²) < 4.78 is 73.4. The van der Waals surface area contributed by atoms with E-state index in [4.69, 9.17) is 4.74 Å². The summed E-state index contributed by atoms with van der Waals surface area (Å²) in [7, 11) is -2.61. The Hall–Kier alpha value is -2.86. The number of likely N-dealkylation sites (tertiary alicyclic amines) is 1. The summed E-state index contributed by atoms with van der Waals surface area (Å²) in [5.74, 6) is -2.66. The van der Waals surface area contributed by atoms with Gasteiger partial charge in [-0.25, -0.2) is 13.2 Å². The molecule has 1 saturated heterocycles. The number of halogens is 3. The number of hydrogen-bond donors (Lipinski definition) is 1. The Morgan fingerprint density at radius 2 is 1.90 bits per heavy atom. The van der Waals surface area contributed by atoms with Crippen molar-refractivity contribution in [3.05, 3.63) is 36.4 Å². The fourth-order valence-electron chi connectivity index (χ4n) is 2.95. The lowest BCUT2D eigenvalue weighted by atomic mass is 10.1. The van der Waals surface area contributed by atoms with Crippen molar-refractivity contribution in [1.82, 2.24) is 9.62 Å².